The largest absolute Gasteiger partial charge is 0.478 e. The maximum atomic E-state index is 12.0. The monoisotopic (exact) mass is 450 g/mol. The van der Waals surface area contributed by atoms with Crippen molar-refractivity contribution in [2.24, 2.45) is 4.99 Å². The van der Waals surface area contributed by atoms with E-state index in [9.17, 15) is 9.90 Å². The SMILES string of the molecule is CCN=c1ccc2c(-c3ccccc3C(=O)O)c3ccc(N(CC)CC)cc3oc-2c1.Cl. The normalized spacial score (nSPS) is 11.5. The molecule has 0 fully saturated rings. The molecule has 1 aliphatic heterocycles. The van der Waals surface area contributed by atoms with Crippen LogP contribution in [0.2, 0.25) is 0 Å². The molecule has 4 rings (SSSR count). The van der Waals surface area contributed by atoms with E-state index in [4.69, 9.17) is 4.42 Å². The van der Waals surface area contributed by atoms with E-state index in [0.717, 1.165) is 46.2 Å². The van der Waals surface area contributed by atoms with Crippen LogP contribution in [0.25, 0.3) is 33.4 Å². The van der Waals surface area contributed by atoms with Gasteiger partial charge in [0.1, 0.15) is 11.3 Å². The predicted molar refractivity (Wildman–Crippen MR) is 132 cm³/mol. The van der Waals surface area contributed by atoms with Crippen LogP contribution in [0, 0.1) is 0 Å². The molecule has 0 atom stereocenters. The molecule has 1 N–H and O–H groups in total. The number of nitrogens with zero attached hydrogens (tertiary/aromatic N) is 2. The Morgan fingerprint density at radius 3 is 2.41 bits per heavy atom. The van der Waals surface area contributed by atoms with Crippen molar-refractivity contribution in [1.82, 2.24) is 0 Å². The molecular formula is C26H27ClN2O3. The highest BCUT2D eigenvalue weighted by atomic mass is 35.5. The number of hydrogen-bond acceptors (Lipinski definition) is 4. The Bertz CT molecular complexity index is 1290. The van der Waals surface area contributed by atoms with E-state index < -0.39 is 5.97 Å². The summed E-state index contributed by atoms with van der Waals surface area (Å²) in [7, 11) is 0. The third-order valence-electron chi connectivity index (χ3n) is 5.59. The van der Waals surface area contributed by atoms with Crippen LogP contribution in [0.15, 0.2) is 70.1 Å². The van der Waals surface area contributed by atoms with Gasteiger partial charge in [-0.05, 0) is 56.7 Å². The van der Waals surface area contributed by atoms with Gasteiger partial charge in [0.15, 0.2) is 0 Å². The van der Waals surface area contributed by atoms with Crippen LogP contribution in [0.3, 0.4) is 0 Å². The lowest BCUT2D eigenvalue weighted by atomic mass is 9.90. The second kappa shape index (κ2) is 9.88. The third-order valence-corrected chi connectivity index (χ3v) is 5.59. The van der Waals surface area contributed by atoms with Crippen LogP contribution < -0.4 is 10.3 Å². The van der Waals surface area contributed by atoms with E-state index >= 15 is 0 Å². The van der Waals surface area contributed by atoms with Crippen LogP contribution in [0.4, 0.5) is 5.69 Å². The molecule has 2 aliphatic rings. The van der Waals surface area contributed by atoms with E-state index in [0.29, 0.717) is 17.9 Å². The molecule has 0 saturated heterocycles. The number of carboxylic acid groups (broad SMARTS) is 1. The summed E-state index contributed by atoms with van der Waals surface area (Å²) >= 11 is 0. The number of benzene rings is 3. The average Bonchev–Trinajstić information content (AvgIpc) is 2.78. The zero-order chi connectivity index (χ0) is 22.0. The number of halogens is 1. The van der Waals surface area contributed by atoms with Gasteiger partial charge in [0.2, 0.25) is 0 Å². The molecule has 2 aromatic rings. The van der Waals surface area contributed by atoms with E-state index in [1.807, 2.05) is 49.4 Å². The lowest BCUT2D eigenvalue weighted by Gasteiger charge is -2.22. The fourth-order valence-corrected chi connectivity index (χ4v) is 4.11. The van der Waals surface area contributed by atoms with Crippen LogP contribution >= 0.6 is 12.4 Å². The van der Waals surface area contributed by atoms with Gasteiger partial charge in [0.25, 0.3) is 0 Å². The molecule has 1 heterocycles. The van der Waals surface area contributed by atoms with Crippen LogP contribution in [-0.4, -0.2) is 30.7 Å². The molecule has 1 aliphatic carbocycles. The first-order valence-electron chi connectivity index (χ1n) is 10.7. The van der Waals surface area contributed by atoms with Crippen molar-refractivity contribution >= 4 is 35.0 Å². The Balaban J connectivity index is 0.00000289. The molecule has 0 radical (unpaired) electrons. The number of carboxylic acids is 1. The molecule has 5 nitrogen and oxygen atoms in total. The average molecular weight is 451 g/mol. The molecule has 32 heavy (non-hydrogen) atoms. The smallest absolute Gasteiger partial charge is 0.336 e. The zero-order valence-electron chi connectivity index (χ0n) is 18.5. The fraction of sp³-hybridized carbons (Fsp3) is 0.231. The second-order valence-electron chi connectivity index (χ2n) is 7.34. The van der Waals surface area contributed by atoms with E-state index in [1.165, 1.54) is 0 Å². The van der Waals surface area contributed by atoms with Gasteiger partial charge in [-0.3, -0.25) is 4.99 Å². The first-order chi connectivity index (χ1) is 15.1. The summed E-state index contributed by atoms with van der Waals surface area (Å²) in [4.78, 5) is 18.7. The molecule has 166 valence electrons. The first-order valence-corrected chi connectivity index (χ1v) is 10.7. The standard InChI is InChI=1S/C26H26N2O3.ClH/c1-4-27-17-11-13-21-23(15-17)31-24-16-18(28(5-2)6-3)12-14-22(24)25(21)19-9-7-8-10-20(19)26(29)30;/h7-16H,4-6H2,1-3H3,(H,29,30);1H. The summed E-state index contributed by atoms with van der Waals surface area (Å²) in [5.74, 6) is -0.260. The van der Waals surface area contributed by atoms with Crippen molar-refractivity contribution in [1.29, 1.82) is 0 Å². The van der Waals surface area contributed by atoms with Crippen molar-refractivity contribution in [2.45, 2.75) is 20.8 Å². The maximum Gasteiger partial charge on any atom is 0.336 e. The molecule has 0 spiro atoms. The van der Waals surface area contributed by atoms with Crippen LogP contribution in [0.1, 0.15) is 31.1 Å². The first kappa shape index (κ1) is 23.4. The molecule has 2 aromatic carbocycles. The quantitative estimate of drug-likeness (QED) is 0.361. The Labute approximate surface area is 193 Å². The van der Waals surface area contributed by atoms with Gasteiger partial charge in [-0.25, -0.2) is 4.79 Å². The molecule has 0 saturated carbocycles. The Hall–Kier alpha value is -3.31. The lowest BCUT2D eigenvalue weighted by Crippen LogP contribution is -2.21. The number of hydrogen-bond donors (Lipinski definition) is 1. The van der Waals surface area contributed by atoms with Crippen molar-refractivity contribution < 1.29 is 14.3 Å². The maximum absolute atomic E-state index is 12.0. The molecule has 0 amide bonds. The number of carbonyl (C=O) groups is 1. The number of aromatic carboxylic acids is 1. The Morgan fingerprint density at radius 2 is 1.72 bits per heavy atom. The molecule has 0 aromatic heterocycles. The number of rotatable bonds is 6. The van der Waals surface area contributed by atoms with Gasteiger partial charge >= 0.3 is 5.97 Å². The van der Waals surface area contributed by atoms with Crippen LogP contribution in [0.5, 0.6) is 0 Å². The topological polar surface area (TPSA) is 66.0 Å². The predicted octanol–water partition coefficient (Wildman–Crippen LogP) is 6.09. The van der Waals surface area contributed by atoms with Crippen molar-refractivity contribution in [3.05, 3.63) is 71.6 Å². The van der Waals surface area contributed by atoms with Gasteiger partial charge in [-0.15, -0.1) is 12.4 Å². The van der Waals surface area contributed by atoms with Gasteiger partial charge in [-0.2, -0.15) is 0 Å². The van der Waals surface area contributed by atoms with Gasteiger partial charge in [0.05, 0.1) is 10.9 Å². The molecule has 0 unspecified atom stereocenters. The summed E-state index contributed by atoms with van der Waals surface area (Å²) < 4.78 is 6.34. The van der Waals surface area contributed by atoms with E-state index in [1.54, 1.807) is 12.1 Å². The molecule has 6 heteroatoms. The summed E-state index contributed by atoms with van der Waals surface area (Å²) in [5, 5.41) is 11.6. The minimum absolute atomic E-state index is 0. The molecular weight excluding hydrogens is 424 g/mol. The zero-order valence-corrected chi connectivity index (χ0v) is 19.3. The minimum Gasteiger partial charge on any atom is -0.478 e. The van der Waals surface area contributed by atoms with Crippen molar-refractivity contribution in [2.75, 3.05) is 24.5 Å². The van der Waals surface area contributed by atoms with Crippen molar-refractivity contribution in [3.63, 3.8) is 0 Å². The van der Waals surface area contributed by atoms with Gasteiger partial charge in [-0.1, -0.05) is 18.2 Å². The summed E-state index contributed by atoms with van der Waals surface area (Å²) in [6, 6.07) is 19.1. The summed E-state index contributed by atoms with van der Waals surface area (Å²) in [5.41, 5.74) is 4.48. The summed E-state index contributed by atoms with van der Waals surface area (Å²) in [6.45, 7) is 8.71. The van der Waals surface area contributed by atoms with E-state index in [-0.39, 0.29) is 18.0 Å². The van der Waals surface area contributed by atoms with Gasteiger partial charge in [0, 0.05) is 54.0 Å². The highest BCUT2D eigenvalue weighted by molar-refractivity contribution is 6.07. The molecule has 0 bridgehead atoms. The Kier molecular flexibility index (Phi) is 7.21. The lowest BCUT2D eigenvalue weighted by molar-refractivity contribution is 0.0697. The minimum atomic E-state index is -0.949. The highest BCUT2D eigenvalue weighted by Gasteiger charge is 2.21. The third kappa shape index (κ3) is 4.21. The van der Waals surface area contributed by atoms with Gasteiger partial charge < -0.3 is 14.4 Å². The number of anilines is 1. The van der Waals surface area contributed by atoms with Crippen LogP contribution in [-0.2, 0) is 0 Å². The number of fused-ring (bicyclic) bond motifs is 2. The highest BCUT2D eigenvalue weighted by Crippen LogP contribution is 2.42. The van der Waals surface area contributed by atoms with E-state index in [2.05, 4.69) is 29.8 Å². The fourth-order valence-electron chi connectivity index (χ4n) is 4.11. The Morgan fingerprint density at radius 1 is 0.969 bits per heavy atom. The summed E-state index contributed by atoms with van der Waals surface area (Å²) in [6.07, 6.45) is 0. The van der Waals surface area contributed by atoms with Crippen molar-refractivity contribution in [3.8, 4) is 22.5 Å². The second-order valence-corrected chi connectivity index (χ2v) is 7.34.